The number of terminal acetylenes is 1. The summed E-state index contributed by atoms with van der Waals surface area (Å²) in [6.07, 6.45) is 6.55. The molecule has 4 nitrogen and oxygen atoms in total. The van der Waals surface area contributed by atoms with E-state index in [0.29, 0.717) is 18.8 Å². The van der Waals surface area contributed by atoms with Gasteiger partial charge in [0.2, 0.25) is 0 Å². The van der Waals surface area contributed by atoms with Crippen LogP contribution in [0.3, 0.4) is 0 Å². The van der Waals surface area contributed by atoms with Crippen LogP contribution in [-0.2, 0) is 6.54 Å². The molecule has 1 heterocycles. The number of aromatic nitrogens is 2. The van der Waals surface area contributed by atoms with Crippen LogP contribution in [0.15, 0.2) is 11.0 Å². The van der Waals surface area contributed by atoms with Crippen molar-refractivity contribution < 1.29 is 0 Å². The lowest BCUT2D eigenvalue weighted by Gasteiger charge is -2.06. The average molecular weight is 212 g/mol. The van der Waals surface area contributed by atoms with Crippen LogP contribution >= 0.6 is 11.6 Å². The third kappa shape index (κ3) is 2.06. The maximum Gasteiger partial charge on any atom is 0.287 e. The van der Waals surface area contributed by atoms with Crippen molar-refractivity contribution >= 4 is 17.3 Å². The van der Waals surface area contributed by atoms with E-state index < -0.39 is 0 Å². The van der Waals surface area contributed by atoms with E-state index in [1.807, 2.05) is 6.92 Å². The second-order valence-electron chi connectivity index (χ2n) is 2.55. The van der Waals surface area contributed by atoms with Crippen LogP contribution in [0.2, 0.25) is 5.02 Å². The number of nitrogens with zero attached hydrogens (tertiary/aromatic N) is 2. The third-order valence-electron chi connectivity index (χ3n) is 1.67. The highest BCUT2D eigenvalue weighted by Crippen LogP contribution is 2.14. The first-order chi connectivity index (χ1) is 6.70. The van der Waals surface area contributed by atoms with Gasteiger partial charge >= 0.3 is 0 Å². The van der Waals surface area contributed by atoms with Crippen molar-refractivity contribution in [1.82, 2.24) is 9.78 Å². The van der Waals surface area contributed by atoms with Crippen molar-refractivity contribution in [2.45, 2.75) is 13.5 Å². The smallest absolute Gasteiger partial charge is 0.287 e. The zero-order chi connectivity index (χ0) is 10.6. The van der Waals surface area contributed by atoms with Gasteiger partial charge in [0.15, 0.2) is 0 Å². The predicted molar refractivity (Wildman–Crippen MR) is 56.5 cm³/mol. The highest BCUT2D eigenvalue weighted by atomic mass is 35.5. The summed E-state index contributed by atoms with van der Waals surface area (Å²) >= 11 is 5.81. The fraction of sp³-hybridized carbons (Fsp3) is 0.333. The zero-order valence-electron chi connectivity index (χ0n) is 7.75. The maximum atomic E-state index is 11.5. The number of aryl methyl sites for hydroxylation is 1. The van der Waals surface area contributed by atoms with Gasteiger partial charge in [0, 0.05) is 6.54 Å². The van der Waals surface area contributed by atoms with Crippen molar-refractivity contribution in [3.05, 3.63) is 21.6 Å². The fourth-order valence-electron chi connectivity index (χ4n) is 0.960. The van der Waals surface area contributed by atoms with Crippen molar-refractivity contribution in [1.29, 1.82) is 0 Å². The Kier molecular flexibility index (Phi) is 3.55. The molecule has 1 rings (SSSR count). The van der Waals surface area contributed by atoms with E-state index in [2.05, 4.69) is 16.3 Å². The van der Waals surface area contributed by atoms with Gasteiger partial charge in [-0.15, -0.1) is 6.42 Å². The number of rotatable bonds is 3. The van der Waals surface area contributed by atoms with Crippen LogP contribution in [0.5, 0.6) is 0 Å². The molecule has 74 valence electrons. The fourth-order valence-corrected chi connectivity index (χ4v) is 1.17. The lowest BCUT2D eigenvalue weighted by Crippen LogP contribution is -2.23. The van der Waals surface area contributed by atoms with E-state index in [4.69, 9.17) is 18.0 Å². The summed E-state index contributed by atoms with van der Waals surface area (Å²) < 4.78 is 1.28. The zero-order valence-corrected chi connectivity index (χ0v) is 8.51. The van der Waals surface area contributed by atoms with Crippen molar-refractivity contribution in [2.24, 2.45) is 0 Å². The molecule has 1 aromatic rings. The lowest BCUT2D eigenvalue weighted by molar-refractivity contribution is 0.616. The highest BCUT2D eigenvalue weighted by Gasteiger charge is 2.06. The Bertz CT molecular complexity index is 419. The van der Waals surface area contributed by atoms with Crippen LogP contribution in [-0.4, -0.2) is 16.3 Å². The molecule has 0 aliphatic heterocycles. The van der Waals surface area contributed by atoms with Gasteiger partial charge in [0.25, 0.3) is 5.56 Å². The Hall–Kier alpha value is -1.47. The molecule has 0 amide bonds. The first kappa shape index (κ1) is 10.6. The van der Waals surface area contributed by atoms with E-state index in [1.54, 1.807) is 0 Å². The van der Waals surface area contributed by atoms with Crippen molar-refractivity contribution in [2.75, 3.05) is 11.9 Å². The maximum absolute atomic E-state index is 11.5. The molecule has 1 aromatic heterocycles. The van der Waals surface area contributed by atoms with E-state index in [9.17, 15) is 4.79 Å². The molecular formula is C9H10ClN3O. The summed E-state index contributed by atoms with van der Waals surface area (Å²) in [6.45, 7) is 2.63. The number of halogens is 1. The Morgan fingerprint density at radius 2 is 2.50 bits per heavy atom. The van der Waals surface area contributed by atoms with Gasteiger partial charge in [0.1, 0.15) is 5.02 Å². The van der Waals surface area contributed by atoms with E-state index in [1.165, 1.54) is 10.9 Å². The van der Waals surface area contributed by atoms with E-state index >= 15 is 0 Å². The van der Waals surface area contributed by atoms with Crippen molar-refractivity contribution in [3.8, 4) is 12.3 Å². The minimum Gasteiger partial charge on any atom is -0.371 e. The van der Waals surface area contributed by atoms with Gasteiger partial charge in [-0.1, -0.05) is 17.5 Å². The molecule has 0 radical (unpaired) electrons. The van der Waals surface area contributed by atoms with Gasteiger partial charge in [-0.25, -0.2) is 4.68 Å². The quantitative estimate of drug-likeness (QED) is 0.758. The molecule has 0 spiro atoms. The molecule has 0 aromatic carbocycles. The molecule has 5 heteroatoms. The SMILES string of the molecule is C#CCNc1cnn(CC)c(=O)c1Cl. The molecule has 0 saturated heterocycles. The summed E-state index contributed by atoms with van der Waals surface area (Å²) in [4.78, 5) is 11.5. The summed E-state index contributed by atoms with van der Waals surface area (Å²) in [6, 6.07) is 0. The molecule has 0 fully saturated rings. The van der Waals surface area contributed by atoms with Gasteiger partial charge in [-0.2, -0.15) is 5.10 Å². The molecule has 0 bridgehead atoms. The molecular weight excluding hydrogens is 202 g/mol. The molecule has 0 atom stereocenters. The third-order valence-corrected chi connectivity index (χ3v) is 2.03. The topological polar surface area (TPSA) is 46.9 Å². The Morgan fingerprint density at radius 1 is 1.79 bits per heavy atom. The van der Waals surface area contributed by atoms with Crippen LogP contribution in [0, 0.1) is 12.3 Å². The number of hydrogen-bond donors (Lipinski definition) is 1. The van der Waals surface area contributed by atoms with E-state index in [0.717, 1.165) is 0 Å². The molecule has 0 aliphatic rings. The van der Waals surface area contributed by atoms with Gasteiger partial charge in [-0.05, 0) is 6.92 Å². The molecule has 1 N–H and O–H groups in total. The number of anilines is 1. The predicted octanol–water partition coefficient (Wildman–Crippen LogP) is 0.962. The standard InChI is InChI=1S/C9H10ClN3O/c1-3-5-11-7-6-12-13(4-2)9(14)8(7)10/h1,6,11H,4-5H2,2H3. The number of nitrogens with one attached hydrogen (secondary N) is 1. The summed E-state index contributed by atoms with van der Waals surface area (Å²) in [5.41, 5.74) is 0.163. The lowest BCUT2D eigenvalue weighted by atomic mass is 10.4. The highest BCUT2D eigenvalue weighted by molar-refractivity contribution is 6.32. The largest absolute Gasteiger partial charge is 0.371 e. The Labute approximate surface area is 86.9 Å². The monoisotopic (exact) mass is 211 g/mol. The van der Waals surface area contributed by atoms with Crippen LogP contribution in [0.4, 0.5) is 5.69 Å². The Balaban J connectivity index is 3.06. The van der Waals surface area contributed by atoms with Crippen LogP contribution in [0.25, 0.3) is 0 Å². The first-order valence-electron chi connectivity index (χ1n) is 4.13. The van der Waals surface area contributed by atoms with E-state index in [-0.39, 0.29) is 10.6 Å². The molecule has 0 saturated carbocycles. The molecule has 0 aliphatic carbocycles. The average Bonchev–Trinajstić information content (AvgIpc) is 2.20. The number of hydrogen-bond acceptors (Lipinski definition) is 3. The second kappa shape index (κ2) is 4.68. The molecule has 14 heavy (non-hydrogen) atoms. The van der Waals surface area contributed by atoms with Gasteiger partial charge in [0.05, 0.1) is 18.4 Å². The Morgan fingerprint density at radius 3 is 3.07 bits per heavy atom. The summed E-state index contributed by atoms with van der Waals surface area (Å²) in [5.74, 6) is 2.39. The minimum atomic E-state index is -0.309. The van der Waals surface area contributed by atoms with Crippen LogP contribution < -0.4 is 10.9 Å². The van der Waals surface area contributed by atoms with Crippen LogP contribution in [0.1, 0.15) is 6.92 Å². The summed E-state index contributed by atoms with van der Waals surface area (Å²) in [7, 11) is 0. The second-order valence-corrected chi connectivity index (χ2v) is 2.93. The normalized spacial score (nSPS) is 9.50. The first-order valence-corrected chi connectivity index (χ1v) is 4.51. The molecule has 0 unspecified atom stereocenters. The van der Waals surface area contributed by atoms with Gasteiger partial charge < -0.3 is 5.32 Å². The van der Waals surface area contributed by atoms with Gasteiger partial charge in [-0.3, -0.25) is 4.79 Å². The van der Waals surface area contributed by atoms with Crippen molar-refractivity contribution in [3.63, 3.8) is 0 Å². The summed E-state index contributed by atoms with van der Waals surface area (Å²) in [5, 5.41) is 6.83. The minimum absolute atomic E-state index is 0.122.